The third kappa shape index (κ3) is 3.03. The van der Waals surface area contributed by atoms with Crippen LogP contribution >= 0.6 is 0 Å². The molecule has 0 spiro atoms. The number of fused-ring (bicyclic) bond motifs is 2. The molecule has 1 aliphatic heterocycles. The maximum Gasteiger partial charge on any atom is 0.417 e. The Bertz CT molecular complexity index is 998. The van der Waals surface area contributed by atoms with E-state index in [0.29, 0.717) is 28.4 Å². The lowest BCUT2D eigenvalue weighted by Gasteiger charge is -2.05. The first-order valence-electron chi connectivity index (χ1n) is 7.63. The molecule has 6 nitrogen and oxygen atoms in total. The number of rotatable bonds is 3. The highest BCUT2D eigenvalue weighted by Gasteiger charge is 2.30. The first kappa shape index (κ1) is 16.2. The summed E-state index contributed by atoms with van der Waals surface area (Å²) in [6, 6.07) is 7.06. The van der Waals surface area contributed by atoms with Crippen LogP contribution in [-0.2, 0) is 12.7 Å². The monoisotopic (exact) mass is 363 g/mol. The maximum atomic E-state index is 12.7. The molecule has 0 saturated carbocycles. The van der Waals surface area contributed by atoms with Crippen LogP contribution < -0.4 is 14.8 Å². The van der Waals surface area contributed by atoms with Crippen LogP contribution in [0.3, 0.4) is 0 Å². The summed E-state index contributed by atoms with van der Waals surface area (Å²) in [5.74, 6) is 0.712. The van der Waals surface area contributed by atoms with Gasteiger partial charge in [-0.3, -0.25) is 4.79 Å². The fraction of sp³-hybridized carbons (Fsp3) is 0.176. The lowest BCUT2D eigenvalue weighted by molar-refractivity contribution is -0.137. The van der Waals surface area contributed by atoms with Gasteiger partial charge < -0.3 is 19.2 Å². The zero-order valence-electron chi connectivity index (χ0n) is 13.2. The molecule has 0 unspecified atom stereocenters. The van der Waals surface area contributed by atoms with Crippen LogP contribution in [0.25, 0.3) is 5.65 Å². The van der Waals surface area contributed by atoms with E-state index in [1.807, 2.05) is 0 Å². The number of hydrogen-bond acceptors (Lipinski definition) is 4. The van der Waals surface area contributed by atoms with Crippen molar-refractivity contribution in [2.45, 2.75) is 12.7 Å². The van der Waals surface area contributed by atoms with Crippen molar-refractivity contribution < 1.29 is 27.4 Å². The molecule has 2 aromatic heterocycles. The summed E-state index contributed by atoms with van der Waals surface area (Å²) in [6.07, 6.45) is -2.01. The second-order valence-corrected chi connectivity index (χ2v) is 5.66. The Morgan fingerprint density at radius 3 is 2.77 bits per heavy atom. The summed E-state index contributed by atoms with van der Waals surface area (Å²) in [5, 5.41) is 2.68. The van der Waals surface area contributed by atoms with Crippen LogP contribution in [0.2, 0.25) is 0 Å². The second kappa shape index (κ2) is 5.94. The Morgan fingerprint density at radius 2 is 1.96 bits per heavy atom. The predicted octanol–water partition coefficient (Wildman–Crippen LogP) is 3.01. The molecule has 134 valence electrons. The Hall–Kier alpha value is -3.23. The average Bonchev–Trinajstić information content (AvgIpc) is 3.23. The summed E-state index contributed by atoms with van der Waals surface area (Å²) in [6.45, 7) is 0.192. The predicted molar refractivity (Wildman–Crippen MR) is 83.9 cm³/mol. The van der Waals surface area contributed by atoms with Gasteiger partial charge in [-0.05, 0) is 30.3 Å². The first-order chi connectivity index (χ1) is 12.4. The van der Waals surface area contributed by atoms with E-state index in [2.05, 4.69) is 10.3 Å². The number of carbonyl (C=O) groups is 1. The highest BCUT2D eigenvalue weighted by Crippen LogP contribution is 2.32. The van der Waals surface area contributed by atoms with E-state index in [1.165, 1.54) is 16.7 Å². The fourth-order valence-corrected chi connectivity index (χ4v) is 2.61. The van der Waals surface area contributed by atoms with Gasteiger partial charge in [-0.15, -0.1) is 0 Å². The smallest absolute Gasteiger partial charge is 0.417 e. The van der Waals surface area contributed by atoms with E-state index in [-0.39, 0.29) is 19.2 Å². The van der Waals surface area contributed by atoms with E-state index in [1.54, 1.807) is 18.2 Å². The number of nitrogens with one attached hydrogen (secondary N) is 1. The molecule has 3 aromatic rings. The lowest BCUT2D eigenvalue weighted by atomic mass is 10.2. The van der Waals surface area contributed by atoms with E-state index < -0.39 is 11.7 Å². The molecule has 4 rings (SSSR count). The second-order valence-electron chi connectivity index (χ2n) is 5.66. The van der Waals surface area contributed by atoms with Gasteiger partial charge in [0, 0.05) is 18.0 Å². The van der Waals surface area contributed by atoms with Gasteiger partial charge in [-0.1, -0.05) is 0 Å². The molecule has 1 amide bonds. The van der Waals surface area contributed by atoms with E-state index in [9.17, 15) is 18.0 Å². The van der Waals surface area contributed by atoms with E-state index in [4.69, 9.17) is 9.47 Å². The Kier molecular flexibility index (Phi) is 3.71. The molecule has 9 heteroatoms. The number of ether oxygens (including phenoxy) is 2. The molecule has 3 heterocycles. The summed E-state index contributed by atoms with van der Waals surface area (Å²) >= 11 is 0. The zero-order valence-corrected chi connectivity index (χ0v) is 13.2. The Balaban J connectivity index is 1.48. The molecule has 1 aliphatic rings. The number of hydrogen-bond donors (Lipinski definition) is 1. The van der Waals surface area contributed by atoms with E-state index >= 15 is 0 Å². The fourth-order valence-electron chi connectivity index (χ4n) is 2.61. The summed E-state index contributed by atoms with van der Waals surface area (Å²) in [5.41, 5.74) is 0.430. The third-order valence-corrected chi connectivity index (χ3v) is 3.89. The number of alkyl halides is 3. The van der Waals surface area contributed by atoms with Crippen molar-refractivity contribution in [3.05, 3.63) is 59.5 Å². The van der Waals surface area contributed by atoms with Crippen LogP contribution in [0.15, 0.2) is 42.7 Å². The van der Waals surface area contributed by atoms with Crippen LogP contribution in [0, 0.1) is 0 Å². The first-order valence-corrected chi connectivity index (χ1v) is 7.63. The van der Waals surface area contributed by atoms with Gasteiger partial charge in [-0.2, -0.15) is 13.2 Å². The molecule has 0 fully saturated rings. The van der Waals surface area contributed by atoms with Gasteiger partial charge in [0.25, 0.3) is 5.91 Å². The van der Waals surface area contributed by atoms with Crippen LogP contribution in [0.1, 0.15) is 21.6 Å². The van der Waals surface area contributed by atoms with Crippen molar-refractivity contribution in [1.29, 1.82) is 0 Å². The molecule has 0 bridgehead atoms. The number of pyridine rings is 1. The molecular formula is C17H12F3N3O3. The zero-order chi connectivity index (χ0) is 18.3. The highest BCUT2D eigenvalue weighted by molar-refractivity contribution is 5.94. The molecular weight excluding hydrogens is 351 g/mol. The standard InChI is InChI=1S/C17H12F3N3O3/c18-17(19,20)11-2-4-15-22-12(8-23(15)7-11)6-21-16(24)10-1-3-13-14(5-10)26-9-25-13/h1-5,7-8H,6,9H2,(H,21,24). The van der Waals surface area contributed by atoms with Crippen LogP contribution in [0.5, 0.6) is 11.5 Å². The molecule has 1 N–H and O–H groups in total. The van der Waals surface area contributed by atoms with Crippen LogP contribution in [-0.4, -0.2) is 22.1 Å². The number of nitrogens with zero attached hydrogens (tertiary/aromatic N) is 2. The van der Waals surface area contributed by atoms with Crippen molar-refractivity contribution >= 4 is 11.6 Å². The molecule has 26 heavy (non-hydrogen) atoms. The van der Waals surface area contributed by atoms with Crippen molar-refractivity contribution in [2.75, 3.05) is 6.79 Å². The van der Waals surface area contributed by atoms with Gasteiger partial charge in [-0.25, -0.2) is 4.98 Å². The number of benzene rings is 1. The topological polar surface area (TPSA) is 64.9 Å². The Labute approximate surface area is 145 Å². The minimum atomic E-state index is -4.42. The van der Waals surface area contributed by atoms with Gasteiger partial charge >= 0.3 is 6.18 Å². The molecule has 0 aliphatic carbocycles. The number of carbonyl (C=O) groups excluding carboxylic acids is 1. The van der Waals surface area contributed by atoms with Gasteiger partial charge in [0.05, 0.1) is 17.8 Å². The molecule has 0 radical (unpaired) electrons. The van der Waals surface area contributed by atoms with Crippen molar-refractivity contribution in [3.63, 3.8) is 0 Å². The number of imidazole rings is 1. The lowest BCUT2D eigenvalue weighted by Crippen LogP contribution is -2.22. The van der Waals surface area contributed by atoms with Crippen LogP contribution in [0.4, 0.5) is 13.2 Å². The molecule has 0 saturated heterocycles. The number of aromatic nitrogens is 2. The summed E-state index contributed by atoms with van der Waals surface area (Å²) < 4.78 is 49.9. The normalized spacial score (nSPS) is 13.2. The minimum absolute atomic E-state index is 0.0797. The average molecular weight is 363 g/mol. The van der Waals surface area contributed by atoms with E-state index in [0.717, 1.165) is 12.3 Å². The minimum Gasteiger partial charge on any atom is -0.454 e. The van der Waals surface area contributed by atoms with Crippen molar-refractivity contribution in [1.82, 2.24) is 14.7 Å². The quantitative estimate of drug-likeness (QED) is 0.777. The Morgan fingerprint density at radius 1 is 1.15 bits per heavy atom. The summed E-state index contributed by atoms with van der Waals surface area (Å²) in [4.78, 5) is 16.4. The summed E-state index contributed by atoms with van der Waals surface area (Å²) in [7, 11) is 0. The number of amides is 1. The number of halogens is 3. The van der Waals surface area contributed by atoms with Crippen molar-refractivity contribution in [2.24, 2.45) is 0 Å². The third-order valence-electron chi connectivity index (χ3n) is 3.89. The van der Waals surface area contributed by atoms with Crippen molar-refractivity contribution in [3.8, 4) is 11.5 Å². The molecule has 1 aromatic carbocycles. The largest absolute Gasteiger partial charge is 0.454 e. The maximum absolute atomic E-state index is 12.7. The highest BCUT2D eigenvalue weighted by atomic mass is 19.4. The molecule has 0 atom stereocenters. The van der Waals surface area contributed by atoms with Gasteiger partial charge in [0.15, 0.2) is 11.5 Å². The van der Waals surface area contributed by atoms with Gasteiger partial charge in [0.2, 0.25) is 6.79 Å². The van der Waals surface area contributed by atoms with Gasteiger partial charge in [0.1, 0.15) is 5.65 Å². The SMILES string of the molecule is O=C(NCc1cn2cc(C(F)(F)F)ccc2n1)c1ccc2c(c1)OCO2.